The number of likely N-dealkylation sites (N-methyl/N-ethyl adjacent to an activating group) is 1. The van der Waals surface area contributed by atoms with Gasteiger partial charge < -0.3 is 5.32 Å². The lowest BCUT2D eigenvalue weighted by atomic mass is 10.4. The lowest BCUT2D eigenvalue weighted by Crippen LogP contribution is -2.18. The number of nitrogens with zero attached hydrogens (tertiary/aromatic N) is 1. The monoisotopic (exact) mass is 230 g/mol. The normalized spacial score (nSPS) is 11.5. The van der Waals surface area contributed by atoms with E-state index in [2.05, 4.69) is 10.3 Å². The summed E-state index contributed by atoms with van der Waals surface area (Å²) in [5, 5.41) is 2.80. The summed E-state index contributed by atoms with van der Waals surface area (Å²) in [5.41, 5.74) is 0.488. The third kappa shape index (κ3) is 4.87. The molecule has 0 fully saturated rings. The second-order valence-corrected chi connectivity index (χ2v) is 4.59. The van der Waals surface area contributed by atoms with Crippen molar-refractivity contribution in [1.82, 2.24) is 10.3 Å². The molecule has 0 amide bonds. The van der Waals surface area contributed by atoms with E-state index >= 15 is 0 Å². The van der Waals surface area contributed by atoms with Crippen molar-refractivity contribution in [3.05, 3.63) is 30.1 Å². The molecule has 0 aliphatic rings. The van der Waals surface area contributed by atoms with Gasteiger partial charge in [0.1, 0.15) is 5.75 Å². The summed E-state index contributed by atoms with van der Waals surface area (Å²) < 4.78 is 27.5. The molecular weight excluding hydrogens is 216 g/mol. The second kappa shape index (κ2) is 5.79. The maximum atomic E-state index is 11.4. The Morgan fingerprint density at radius 2 is 2.27 bits per heavy atom. The van der Waals surface area contributed by atoms with Crippen molar-refractivity contribution < 1.29 is 12.6 Å². The number of hydrogen-bond acceptors (Lipinski definition) is 5. The van der Waals surface area contributed by atoms with E-state index < -0.39 is 10.1 Å². The molecule has 15 heavy (non-hydrogen) atoms. The Morgan fingerprint density at radius 1 is 1.47 bits per heavy atom. The second-order valence-electron chi connectivity index (χ2n) is 2.95. The molecular formula is C9H14N2O3S. The van der Waals surface area contributed by atoms with Gasteiger partial charge in [-0.15, -0.1) is 0 Å². The first kappa shape index (κ1) is 12.1. The highest BCUT2D eigenvalue weighted by atomic mass is 32.2. The van der Waals surface area contributed by atoms with E-state index in [1.54, 1.807) is 31.4 Å². The smallest absolute Gasteiger partial charge is 0.273 e. The maximum absolute atomic E-state index is 11.4. The molecule has 1 aromatic rings. The molecule has 1 N–H and O–H groups in total. The minimum absolute atomic E-state index is 0.145. The van der Waals surface area contributed by atoms with Crippen molar-refractivity contribution in [2.24, 2.45) is 0 Å². The molecule has 1 aromatic heterocycles. The molecule has 0 unspecified atom stereocenters. The number of pyridine rings is 1. The van der Waals surface area contributed by atoms with E-state index in [-0.39, 0.29) is 12.4 Å². The van der Waals surface area contributed by atoms with Crippen LogP contribution in [0.25, 0.3) is 0 Å². The maximum Gasteiger partial charge on any atom is 0.273 e. The number of nitrogens with one attached hydrogen (secondary N) is 1. The van der Waals surface area contributed by atoms with Crippen LogP contribution in [0.15, 0.2) is 24.4 Å². The van der Waals surface area contributed by atoms with Crippen LogP contribution in [0.1, 0.15) is 5.69 Å². The van der Waals surface area contributed by atoms with Crippen LogP contribution in [0, 0.1) is 0 Å². The zero-order valence-corrected chi connectivity index (χ0v) is 9.33. The van der Waals surface area contributed by atoms with Gasteiger partial charge in [0.2, 0.25) is 0 Å². The van der Waals surface area contributed by atoms with Gasteiger partial charge in [0.05, 0.1) is 12.3 Å². The molecule has 0 bridgehead atoms. The van der Waals surface area contributed by atoms with Gasteiger partial charge in [0.15, 0.2) is 0 Å². The molecule has 0 aromatic carbocycles. The molecule has 1 heterocycles. The van der Waals surface area contributed by atoms with E-state index in [4.69, 9.17) is 4.18 Å². The lowest BCUT2D eigenvalue weighted by Gasteiger charge is -2.04. The number of aromatic nitrogens is 1. The van der Waals surface area contributed by atoms with Crippen molar-refractivity contribution in [2.75, 3.05) is 20.2 Å². The van der Waals surface area contributed by atoms with Crippen LogP contribution in [-0.4, -0.2) is 33.6 Å². The first-order valence-corrected chi connectivity index (χ1v) is 6.13. The van der Waals surface area contributed by atoms with Gasteiger partial charge >= 0.3 is 0 Å². The average molecular weight is 230 g/mol. The van der Waals surface area contributed by atoms with Crippen molar-refractivity contribution >= 4 is 10.1 Å². The average Bonchev–Trinajstić information content (AvgIpc) is 2.18. The van der Waals surface area contributed by atoms with Crippen LogP contribution < -0.4 is 5.32 Å². The molecule has 0 atom stereocenters. The summed E-state index contributed by atoms with van der Waals surface area (Å²) in [6, 6.07) is 5.13. The number of hydrogen-bond donors (Lipinski definition) is 1. The molecule has 5 nitrogen and oxygen atoms in total. The minimum atomic E-state index is -3.51. The fraction of sp³-hybridized carbons (Fsp3) is 0.444. The molecule has 6 heteroatoms. The van der Waals surface area contributed by atoms with Crippen molar-refractivity contribution in [1.29, 1.82) is 0 Å². The predicted molar refractivity (Wildman–Crippen MR) is 56.7 cm³/mol. The Hall–Kier alpha value is -0.980. The van der Waals surface area contributed by atoms with Crippen LogP contribution in [0.5, 0.6) is 0 Å². The van der Waals surface area contributed by atoms with Gasteiger partial charge in [-0.25, -0.2) is 0 Å². The summed E-state index contributed by atoms with van der Waals surface area (Å²) >= 11 is 0. The topological polar surface area (TPSA) is 68.3 Å². The van der Waals surface area contributed by atoms with Crippen molar-refractivity contribution in [3.63, 3.8) is 0 Å². The lowest BCUT2D eigenvalue weighted by molar-refractivity contribution is 0.318. The van der Waals surface area contributed by atoms with E-state index in [0.717, 1.165) is 0 Å². The van der Waals surface area contributed by atoms with Crippen LogP contribution in [-0.2, 0) is 20.1 Å². The molecule has 0 aliphatic carbocycles. The zero-order valence-electron chi connectivity index (χ0n) is 8.51. The fourth-order valence-electron chi connectivity index (χ4n) is 0.977. The molecule has 0 radical (unpaired) electrons. The summed E-state index contributed by atoms with van der Waals surface area (Å²) in [6.45, 7) is 0.646. The van der Waals surface area contributed by atoms with E-state index in [1.165, 1.54) is 0 Å². The summed E-state index contributed by atoms with van der Waals surface area (Å²) in [7, 11) is -1.78. The van der Waals surface area contributed by atoms with E-state index in [1.807, 2.05) is 0 Å². The standard InChI is InChI=1S/C9H14N2O3S/c1-10-6-7-14-15(12,13)8-9-4-2-3-5-11-9/h2-5,10H,6-8H2,1H3. The third-order valence-electron chi connectivity index (χ3n) is 1.67. The highest BCUT2D eigenvalue weighted by Crippen LogP contribution is 2.03. The van der Waals surface area contributed by atoms with Crippen LogP contribution >= 0.6 is 0 Å². The van der Waals surface area contributed by atoms with E-state index in [0.29, 0.717) is 12.2 Å². The first-order chi connectivity index (χ1) is 7.14. The van der Waals surface area contributed by atoms with Gasteiger partial charge in [0.25, 0.3) is 10.1 Å². The molecule has 0 spiro atoms. The predicted octanol–water partition coefficient (Wildman–Crippen LogP) is 0.147. The SMILES string of the molecule is CNCCOS(=O)(=O)Cc1ccccn1. The Morgan fingerprint density at radius 3 is 2.87 bits per heavy atom. The summed E-state index contributed by atoms with van der Waals surface area (Å²) in [6.07, 6.45) is 1.55. The third-order valence-corrected chi connectivity index (χ3v) is 2.84. The van der Waals surface area contributed by atoms with Crippen molar-refractivity contribution in [2.45, 2.75) is 5.75 Å². The Balaban J connectivity index is 2.50. The summed E-state index contributed by atoms with van der Waals surface area (Å²) in [5.74, 6) is -0.183. The molecule has 0 saturated heterocycles. The Bertz CT molecular complexity index is 378. The minimum Gasteiger partial charge on any atom is -0.317 e. The largest absolute Gasteiger partial charge is 0.317 e. The van der Waals surface area contributed by atoms with Gasteiger partial charge in [-0.1, -0.05) is 6.07 Å². The van der Waals surface area contributed by atoms with Crippen LogP contribution in [0.4, 0.5) is 0 Å². The molecule has 1 rings (SSSR count). The van der Waals surface area contributed by atoms with Gasteiger partial charge in [0, 0.05) is 12.7 Å². The first-order valence-electron chi connectivity index (χ1n) is 4.55. The van der Waals surface area contributed by atoms with Gasteiger partial charge in [-0.05, 0) is 19.2 Å². The molecule has 84 valence electrons. The molecule has 0 aliphatic heterocycles. The zero-order chi connectivity index (χ0) is 11.1. The van der Waals surface area contributed by atoms with E-state index in [9.17, 15) is 8.42 Å². The van der Waals surface area contributed by atoms with Crippen LogP contribution in [0.3, 0.4) is 0 Å². The van der Waals surface area contributed by atoms with Crippen molar-refractivity contribution in [3.8, 4) is 0 Å². The molecule has 0 saturated carbocycles. The Kier molecular flexibility index (Phi) is 4.67. The summed E-state index contributed by atoms with van der Waals surface area (Å²) in [4.78, 5) is 3.92. The highest BCUT2D eigenvalue weighted by molar-refractivity contribution is 7.85. The fourth-order valence-corrected chi connectivity index (χ4v) is 1.93. The number of rotatable bonds is 6. The van der Waals surface area contributed by atoms with Crippen LogP contribution in [0.2, 0.25) is 0 Å². The van der Waals surface area contributed by atoms with Gasteiger partial charge in [-0.2, -0.15) is 8.42 Å². The quantitative estimate of drug-likeness (QED) is 0.556. The van der Waals surface area contributed by atoms with Gasteiger partial charge in [-0.3, -0.25) is 9.17 Å². The highest BCUT2D eigenvalue weighted by Gasteiger charge is 2.12. The Labute approximate surface area is 89.6 Å².